The standard InChI is InChI=1S/C11H19NO3/c1-8(2)11(10(14)15)4-6-12(7-5-11)9(3)13/h8H,4-7H2,1-3H3,(H,14,15). The Balaban J connectivity index is 2.74. The van der Waals surface area contributed by atoms with Gasteiger partial charge in [-0.15, -0.1) is 0 Å². The zero-order valence-corrected chi connectivity index (χ0v) is 9.62. The van der Waals surface area contributed by atoms with Crippen LogP contribution in [0.2, 0.25) is 0 Å². The molecule has 0 atom stereocenters. The molecule has 1 rings (SSSR count). The Morgan fingerprint density at radius 3 is 2.00 bits per heavy atom. The van der Waals surface area contributed by atoms with E-state index in [4.69, 9.17) is 0 Å². The molecule has 0 aliphatic carbocycles. The molecule has 0 unspecified atom stereocenters. The van der Waals surface area contributed by atoms with Crippen molar-refractivity contribution >= 4 is 11.9 Å². The molecule has 1 fully saturated rings. The molecule has 4 heteroatoms. The molecule has 15 heavy (non-hydrogen) atoms. The molecule has 1 heterocycles. The van der Waals surface area contributed by atoms with Crippen LogP contribution in [0.25, 0.3) is 0 Å². The number of carbonyl (C=O) groups is 2. The molecule has 0 bridgehead atoms. The van der Waals surface area contributed by atoms with Gasteiger partial charge in [0, 0.05) is 20.0 Å². The Hall–Kier alpha value is -1.06. The van der Waals surface area contributed by atoms with Crippen LogP contribution in [-0.4, -0.2) is 35.0 Å². The van der Waals surface area contributed by atoms with Crippen LogP contribution < -0.4 is 0 Å². The number of hydrogen-bond acceptors (Lipinski definition) is 2. The summed E-state index contributed by atoms with van der Waals surface area (Å²) in [6, 6.07) is 0. The Labute approximate surface area is 90.3 Å². The van der Waals surface area contributed by atoms with Crippen molar-refractivity contribution in [3.8, 4) is 0 Å². The van der Waals surface area contributed by atoms with Crippen molar-refractivity contribution < 1.29 is 14.7 Å². The lowest BCUT2D eigenvalue weighted by Gasteiger charge is -2.41. The van der Waals surface area contributed by atoms with Crippen LogP contribution in [0.15, 0.2) is 0 Å². The second kappa shape index (κ2) is 4.21. The van der Waals surface area contributed by atoms with Gasteiger partial charge < -0.3 is 10.0 Å². The van der Waals surface area contributed by atoms with Gasteiger partial charge in [0.1, 0.15) is 0 Å². The van der Waals surface area contributed by atoms with Gasteiger partial charge in [0.2, 0.25) is 5.91 Å². The number of carbonyl (C=O) groups excluding carboxylic acids is 1. The summed E-state index contributed by atoms with van der Waals surface area (Å²) >= 11 is 0. The third-order valence-corrected chi connectivity index (χ3v) is 3.63. The molecule has 0 spiro atoms. The topological polar surface area (TPSA) is 57.6 Å². The van der Waals surface area contributed by atoms with E-state index >= 15 is 0 Å². The maximum atomic E-state index is 11.3. The zero-order valence-electron chi connectivity index (χ0n) is 9.62. The maximum absolute atomic E-state index is 11.3. The first kappa shape index (κ1) is 12.0. The second-order valence-electron chi connectivity index (χ2n) is 4.62. The summed E-state index contributed by atoms with van der Waals surface area (Å²) < 4.78 is 0. The molecular weight excluding hydrogens is 194 g/mol. The fourth-order valence-corrected chi connectivity index (χ4v) is 2.26. The summed E-state index contributed by atoms with van der Waals surface area (Å²) in [6.45, 7) is 6.55. The molecule has 0 aromatic heterocycles. The van der Waals surface area contributed by atoms with Crippen molar-refractivity contribution in [1.29, 1.82) is 0 Å². The van der Waals surface area contributed by atoms with E-state index in [-0.39, 0.29) is 11.8 Å². The van der Waals surface area contributed by atoms with Crippen LogP contribution in [-0.2, 0) is 9.59 Å². The number of carboxylic acids is 1. The molecule has 1 saturated heterocycles. The predicted octanol–water partition coefficient (Wildman–Crippen LogP) is 1.36. The molecular formula is C11H19NO3. The zero-order chi connectivity index (χ0) is 11.6. The van der Waals surface area contributed by atoms with E-state index in [9.17, 15) is 14.7 Å². The highest BCUT2D eigenvalue weighted by molar-refractivity contribution is 5.77. The van der Waals surface area contributed by atoms with Gasteiger partial charge in [-0.05, 0) is 18.8 Å². The Morgan fingerprint density at radius 1 is 1.27 bits per heavy atom. The molecule has 0 saturated carbocycles. The number of amides is 1. The normalized spacial score (nSPS) is 20.4. The highest BCUT2D eigenvalue weighted by Crippen LogP contribution is 2.38. The Morgan fingerprint density at radius 2 is 1.73 bits per heavy atom. The Kier molecular flexibility index (Phi) is 3.37. The van der Waals surface area contributed by atoms with Crippen molar-refractivity contribution in [3.63, 3.8) is 0 Å². The summed E-state index contributed by atoms with van der Waals surface area (Å²) in [5.74, 6) is -0.567. The molecule has 4 nitrogen and oxygen atoms in total. The van der Waals surface area contributed by atoms with Crippen LogP contribution in [0.3, 0.4) is 0 Å². The van der Waals surface area contributed by atoms with E-state index < -0.39 is 11.4 Å². The van der Waals surface area contributed by atoms with E-state index in [0.717, 1.165) is 0 Å². The van der Waals surface area contributed by atoms with Crippen LogP contribution >= 0.6 is 0 Å². The summed E-state index contributed by atoms with van der Waals surface area (Å²) in [6.07, 6.45) is 1.14. The number of piperidine rings is 1. The van der Waals surface area contributed by atoms with E-state index in [1.54, 1.807) is 4.90 Å². The molecule has 1 amide bonds. The van der Waals surface area contributed by atoms with Gasteiger partial charge in [-0.2, -0.15) is 0 Å². The van der Waals surface area contributed by atoms with Crippen LogP contribution in [0.5, 0.6) is 0 Å². The van der Waals surface area contributed by atoms with Crippen molar-refractivity contribution in [3.05, 3.63) is 0 Å². The fourth-order valence-electron chi connectivity index (χ4n) is 2.26. The molecule has 1 aliphatic heterocycles. The lowest BCUT2D eigenvalue weighted by molar-refractivity contribution is -0.157. The lowest BCUT2D eigenvalue weighted by atomic mass is 9.70. The van der Waals surface area contributed by atoms with Gasteiger partial charge in [0.25, 0.3) is 0 Å². The summed E-state index contributed by atoms with van der Waals surface area (Å²) in [7, 11) is 0. The largest absolute Gasteiger partial charge is 0.481 e. The van der Waals surface area contributed by atoms with Crippen LogP contribution in [0.4, 0.5) is 0 Å². The Bertz CT molecular complexity index is 265. The molecule has 1 aliphatic rings. The van der Waals surface area contributed by atoms with Crippen molar-refractivity contribution in [2.45, 2.75) is 33.6 Å². The van der Waals surface area contributed by atoms with Gasteiger partial charge in [0.15, 0.2) is 0 Å². The number of rotatable bonds is 2. The number of likely N-dealkylation sites (tertiary alicyclic amines) is 1. The average molecular weight is 213 g/mol. The van der Waals surface area contributed by atoms with Crippen molar-refractivity contribution in [2.75, 3.05) is 13.1 Å². The quantitative estimate of drug-likeness (QED) is 0.753. The number of aliphatic carboxylic acids is 1. The smallest absolute Gasteiger partial charge is 0.310 e. The third-order valence-electron chi connectivity index (χ3n) is 3.63. The van der Waals surface area contributed by atoms with Crippen molar-refractivity contribution in [2.24, 2.45) is 11.3 Å². The summed E-state index contributed by atoms with van der Waals surface area (Å²) in [5, 5.41) is 9.28. The minimum Gasteiger partial charge on any atom is -0.481 e. The van der Waals surface area contributed by atoms with Gasteiger partial charge in [-0.25, -0.2) is 0 Å². The van der Waals surface area contributed by atoms with Crippen LogP contribution in [0, 0.1) is 11.3 Å². The fraction of sp³-hybridized carbons (Fsp3) is 0.818. The molecule has 86 valence electrons. The first-order chi connectivity index (χ1) is 6.90. The number of hydrogen-bond donors (Lipinski definition) is 1. The van der Waals surface area contributed by atoms with Gasteiger partial charge in [0.05, 0.1) is 5.41 Å². The van der Waals surface area contributed by atoms with E-state index in [0.29, 0.717) is 25.9 Å². The summed E-state index contributed by atoms with van der Waals surface area (Å²) in [5.41, 5.74) is -0.633. The monoisotopic (exact) mass is 213 g/mol. The van der Waals surface area contributed by atoms with E-state index in [1.807, 2.05) is 13.8 Å². The average Bonchev–Trinajstić information content (AvgIpc) is 2.17. The van der Waals surface area contributed by atoms with Gasteiger partial charge in [-0.3, -0.25) is 9.59 Å². The minimum atomic E-state index is -0.722. The molecule has 0 aromatic carbocycles. The first-order valence-corrected chi connectivity index (χ1v) is 5.39. The highest BCUT2D eigenvalue weighted by atomic mass is 16.4. The SMILES string of the molecule is CC(=O)N1CCC(C(=O)O)(C(C)C)CC1. The van der Waals surface area contributed by atoms with E-state index in [1.165, 1.54) is 6.92 Å². The van der Waals surface area contributed by atoms with E-state index in [2.05, 4.69) is 0 Å². The second-order valence-corrected chi connectivity index (χ2v) is 4.62. The van der Waals surface area contributed by atoms with Gasteiger partial charge >= 0.3 is 5.97 Å². The first-order valence-electron chi connectivity index (χ1n) is 5.39. The highest BCUT2D eigenvalue weighted by Gasteiger charge is 2.44. The minimum absolute atomic E-state index is 0.0396. The number of carboxylic acid groups (broad SMARTS) is 1. The third kappa shape index (κ3) is 2.13. The van der Waals surface area contributed by atoms with Crippen LogP contribution in [0.1, 0.15) is 33.6 Å². The van der Waals surface area contributed by atoms with Crippen molar-refractivity contribution in [1.82, 2.24) is 4.90 Å². The molecule has 1 N–H and O–H groups in total. The molecule has 0 aromatic rings. The summed E-state index contributed by atoms with van der Waals surface area (Å²) in [4.78, 5) is 24.1. The number of nitrogens with zero attached hydrogens (tertiary/aromatic N) is 1. The molecule has 0 radical (unpaired) electrons. The van der Waals surface area contributed by atoms with Gasteiger partial charge in [-0.1, -0.05) is 13.8 Å². The maximum Gasteiger partial charge on any atom is 0.310 e. The predicted molar refractivity (Wildman–Crippen MR) is 56.4 cm³/mol. The lowest BCUT2D eigenvalue weighted by Crippen LogP contribution is -2.48.